The zero-order valence-corrected chi connectivity index (χ0v) is 15.1. The molecule has 3 rings (SSSR count). The Morgan fingerprint density at radius 3 is 2.78 bits per heavy atom. The number of pyridine rings is 1. The molecule has 144 valence electrons. The third-order valence-electron chi connectivity index (χ3n) is 5.27. The number of nitrogens with zero attached hydrogens (tertiary/aromatic N) is 2. The van der Waals surface area contributed by atoms with Crippen LogP contribution in [-0.4, -0.2) is 58.9 Å². The summed E-state index contributed by atoms with van der Waals surface area (Å²) in [5.74, 6) is -2.05. The first-order chi connectivity index (χ1) is 12.9. The quantitative estimate of drug-likeness (QED) is 0.758. The summed E-state index contributed by atoms with van der Waals surface area (Å²) < 4.78 is 12.5. The average Bonchev–Trinajstić information content (AvgIpc) is 2.65. The average molecular weight is 374 g/mol. The molecule has 2 aliphatic heterocycles. The van der Waals surface area contributed by atoms with Crippen molar-refractivity contribution in [2.24, 2.45) is 0 Å². The van der Waals surface area contributed by atoms with Gasteiger partial charge in [0.1, 0.15) is 5.56 Å². The Morgan fingerprint density at radius 1 is 1.44 bits per heavy atom. The number of aromatic carboxylic acids is 1. The van der Waals surface area contributed by atoms with Crippen molar-refractivity contribution >= 4 is 11.9 Å². The molecule has 1 aromatic rings. The minimum absolute atomic E-state index is 0.0564. The second-order valence-corrected chi connectivity index (χ2v) is 6.62. The van der Waals surface area contributed by atoms with Crippen molar-refractivity contribution < 1.29 is 24.2 Å². The van der Waals surface area contributed by atoms with Gasteiger partial charge in [-0.2, -0.15) is 0 Å². The van der Waals surface area contributed by atoms with E-state index < -0.39 is 28.4 Å². The van der Waals surface area contributed by atoms with Crippen molar-refractivity contribution in [1.29, 1.82) is 0 Å². The minimum Gasteiger partial charge on any atom is -0.491 e. The summed E-state index contributed by atoms with van der Waals surface area (Å²) in [7, 11) is 1.25. The Labute approximate surface area is 156 Å². The third kappa shape index (κ3) is 2.68. The lowest BCUT2D eigenvalue weighted by Crippen LogP contribution is -2.65. The topological polar surface area (TPSA) is 98.1 Å². The first kappa shape index (κ1) is 18.9. The van der Waals surface area contributed by atoms with Crippen LogP contribution in [0.15, 0.2) is 36.3 Å². The van der Waals surface area contributed by atoms with Crippen LogP contribution in [-0.2, 0) is 4.74 Å². The predicted octanol–water partition coefficient (Wildman–Crippen LogP) is 1.47. The molecule has 1 amide bonds. The van der Waals surface area contributed by atoms with Gasteiger partial charge < -0.3 is 24.0 Å². The summed E-state index contributed by atoms with van der Waals surface area (Å²) in [5, 5.41) is 9.43. The Bertz CT molecular complexity index is 874. The lowest BCUT2D eigenvalue weighted by atomic mass is 9.79. The van der Waals surface area contributed by atoms with Crippen molar-refractivity contribution in [3.05, 3.63) is 53.0 Å². The highest BCUT2D eigenvalue weighted by atomic mass is 16.5. The molecule has 8 heteroatoms. The molecule has 27 heavy (non-hydrogen) atoms. The molecule has 1 unspecified atom stereocenters. The number of rotatable bonds is 6. The normalized spacial score (nSPS) is 24.0. The van der Waals surface area contributed by atoms with Gasteiger partial charge in [-0.05, 0) is 12.8 Å². The van der Waals surface area contributed by atoms with E-state index in [0.29, 0.717) is 19.4 Å². The largest absolute Gasteiger partial charge is 0.491 e. The van der Waals surface area contributed by atoms with Crippen LogP contribution in [0.2, 0.25) is 0 Å². The number of hydrogen-bond donors (Lipinski definition) is 1. The number of fused-ring (bicyclic) bond motifs is 3. The number of carbonyl (C=O) groups is 2. The molecule has 0 saturated carbocycles. The van der Waals surface area contributed by atoms with E-state index in [1.807, 2.05) is 0 Å². The lowest BCUT2D eigenvalue weighted by molar-refractivity contribution is -0.0746. The number of amides is 1. The molecule has 1 aromatic heterocycles. The fourth-order valence-corrected chi connectivity index (χ4v) is 4.15. The molecule has 2 aliphatic rings. The van der Waals surface area contributed by atoms with Crippen LogP contribution in [0.1, 0.15) is 39.7 Å². The first-order valence-corrected chi connectivity index (χ1v) is 8.60. The van der Waals surface area contributed by atoms with E-state index in [4.69, 9.17) is 9.47 Å². The number of ether oxygens (including phenoxy) is 2. The molecule has 0 aliphatic carbocycles. The van der Waals surface area contributed by atoms with Crippen LogP contribution in [0.4, 0.5) is 0 Å². The predicted molar refractivity (Wildman–Crippen MR) is 97.5 cm³/mol. The molecule has 8 nitrogen and oxygen atoms in total. The van der Waals surface area contributed by atoms with E-state index in [0.717, 1.165) is 0 Å². The summed E-state index contributed by atoms with van der Waals surface area (Å²) in [4.78, 5) is 39.1. The number of carboxylic acids is 1. The molecule has 0 bridgehead atoms. The standard InChI is InChI=1S/C19H22N2O6/c1-4-7-19-11-27-9-6-13(19)20-10-12(18(24)25)15(22)16(26-3)14(20)17(23)21(19)8-5-2/h4-5,10,13H,1-2,6-9,11H2,3H3,(H,24,25)/t13?,19-/m1/s1. The van der Waals surface area contributed by atoms with Gasteiger partial charge in [0.2, 0.25) is 5.43 Å². The molecule has 0 spiro atoms. The van der Waals surface area contributed by atoms with Crippen LogP contribution >= 0.6 is 0 Å². The number of carboxylic acid groups (broad SMARTS) is 1. The maximum absolute atomic E-state index is 13.4. The van der Waals surface area contributed by atoms with Gasteiger partial charge in [-0.1, -0.05) is 12.2 Å². The van der Waals surface area contributed by atoms with Crippen LogP contribution in [0.25, 0.3) is 0 Å². The van der Waals surface area contributed by atoms with Gasteiger partial charge in [0, 0.05) is 19.3 Å². The van der Waals surface area contributed by atoms with Crippen molar-refractivity contribution in [1.82, 2.24) is 9.47 Å². The Balaban J connectivity index is 2.36. The second kappa shape index (κ2) is 7.03. The zero-order valence-electron chi connectivity index (χ0n) is 15.1. The number of aromatic nitrogens is 1. The van der Waals surface area contributed by atoms with Gasteiger partial charge in [0.25, 0.3) is 5.91 Å². The summed E-state index contributed by atoms with van der Waals surface area (Å²) in [5.41, 5.74) is -1.93. The smallest absolute Gasteiger partial charge is 0.341 e. The van der Waals surface area contributed by atoms with E-state index in [1.54, 1.807) is 21.6 Å². The van der Waals surface area contributed by atoms with E-state index in [9.17, 15) is 19.5 Å². The number of methoxy groups -OCH3 is 1. The summed E-state index contributed by atoms with van der Waals surface area (Å²) in [6.45, 7) is 8.53. The van der Waals surface area contributed by atoms with Crippen molar-refractivity contribution in [3.8, 4) is 5.75 Å². The SMILES string of the molecule is C=CCN1C(=O)c2c(OC)c(=O)c(C(=O)O)cn2C2CCOC[C@]21CC=C. The number of carbonyl (C=O) groups excluding carboxylic acids is 1. The Hall–Kier alpha value is -2.87. The molecule has 1 N–H and O–H groups in total. The fraction of sp³-hybridized carbons (Fsp3) is 0.421. The van der Waals surface area contributed by atoms with Crippen LogP contribution < -0.4 is 10.2 Å². The monoisotopic (exact) mass is 374 g/mol. The van der Waals surface area contributed by atoms with Gasteiger partial charge in [0.15, 0.2) is 11.4 Å². The maximum atomic E-state index is 13.4. The molecule has 0 radical (unpaired) electrons. The molecule has 3 heterocycles. The van der Waals surface area contributed by atoms with E-state index in [2.05, 4.69) is 13.2 Å². The molecule has 1 saturated heterocycles. The molecular formula is C19H22N2O6. The highest BCUT2D eigenvalue weighted by Crippen LogP contribution is 2.44. The van der Waals surface area contributed by atoms with Gasteiger partial charge in [-0.15, -0.1) is 13.2 Å². The minimum atomic E-state index is -1.36. The van der Waals surface area contributed by atoms with Crippen LogP contribution in [0, 0.1) is 0 Å². The van der Waals surface area contributed by atoms with E-state index in [1.165, 1.54) is 13.3 Å². The third-order valence-corrected chi connectivity index (χ3v) is 5.27. The molecule has 2 atom stereocenters. The van der Waals surface area contributed by atoms with Gasteiger partial charge in [0.05, 0.1) is 25.3 Å². The Morgan fingerprint density at radius 2 is 2.19 bits per heavy atom. The fourth-order valence-electron chi connectivity index (χ4n) is 4.15. The lowest BCUT2D eigenvalue weighted by Gasteiger charge is -2.54. The highest BCUT2D eigenvalue weighted by molar-refractivity contribution is 5.98. The second-order valence-electron chi connectivity index (χ2n) is 6.62. The Kier molecular flexibility index (Phi) is 4.93. The molecular weight excluding hydrogens is 352 g/mol. The van der Waals surface area contributed by atoms with Gasteiger partial charge >= 0.3 is 5.97 Å². The summed E-state index contributed by atoms with van der Waals surface area (Å²) in [6.07, 6.45) is 5.58. The van der Waals surface area contributed by atoms with Crippen LogP contribution in [0.5, 0.6) is 5.75 Å². The van der Waals surface area contributed by atoms with Gasteiger partial charge in [-0.25, -0.2) is 4.79 Å². The summed E-state index contributed by atoms with van der Waals surface area (Å²) in [6, 6.07) is -0.288. The maximum Gasteiger partial charge on any atom is 0.341 e. The first-order valence-electron chi connectivity index (χ1n) is 8.60. The summed E-state index contributed by atoms with van der Waals surface area (Å²) >= 11 is 0. The van der Waals surface area contributed by atoms with E-state index in [-0.39, 0.29) is 30.6 Å². The van der Waals surface area contributed by atoms with Crippen molar-refractivity contribution in [3.63, 3.8) is 0 Å². The molecule has 0 aromatic carbocycles. The van der Waals surface area contributed by atoms with Crippen molar-refractivity contribution in [2.75, 3.05) is 26.9 Å². The molecule has 1 fully saturated rings. The van der Waals surface area contributed by atoms with E-state index >= 15 is 0 Å². The van der Waals surface area contributed by atoms with Crippen LogP contribution in [0.3, 0.4) is 0 Å². The van der Waals surface area contributed by atoms with Gasteiger partial charge in [-0.3, -0.25) is 9.59 Å². The number of hydrogen-bond acceptors (Lipinski definition) is 5. The van der Waals surface area contributed by atoms with Crippen molar-refractivity contribution in [2.45, 2.75) is 24.4 Å². The highest BCUT2D eigenvalue weighted by Gasteiger charge is 2.53. The zero-order chi connectivity index (χ0) is 19.8.